The van der Waals surface area contributed by atoms with Crippen LogP contribution in [0.1, 0.15) is 41.6 Å². The second-order valence-electron chi connectivity index (χ2n) is 8.76. The molecule has 0 saturated carbocycles. The fourth-order valence-corrected chi connectivity index (χ4v) is 5.50. The Labute approximate surface area is 215 Å². The average Bonchev–Trinajstić information content (AvgIpc) is 3.33. The van der Waals surface area contributed by atoms with Crippen LogP contribution in [0, 0.1) is 0 Å². The molecule has 4 rings (SSSR count). The number of ketones is 1. The van der Waals surface area contributed by atoms with Crippen LogP contribution >= 0.6 is 11.3 Å². The van der Waals surface area contributed by atoms with Gasteiger partial charge in [-0.1, -0.05) is 91.1 Å². The molecule has 0 unspecified atom stereocenters. The third-order valence-corrected chi connectivity index (χ3v) is 8.74. The number of aromatic nitrogens is 1. The smallest absolute Gasteiger partial charge is 0.236 e. The van der Waals surface area contributed by atoms with Crippen LogP contribution in [-0.2, 0) is 20.0 Å². The number of carbonyl (C=O) groups is 2. The molecular formula is C28H26N2O4S2. The van der Waals surface area contributed by atoms with E-state index in [0.717, 1.165) is 16.9 Å². The summed E-state index contributed by atoms with van der Waals surface area (Å²) in [6, 6.07) is 24.7. The van der Waals surface area contributed by atoms with E-state index in [1.807, 2.05) is 36.4 Å². The standard InChI is InChI=1S/C28H26N2O4S2/c1-4-36(33,34)22-17-15-21(16-18-22)28(2,3)26(32)30-27-29-23(19-11-7-5-8-12-19)25(35-27)24(31)20-13-9-6-10-14-20/h5-18H,4H2,1-3H3,(H,29,30,32). The molecule has 184 valence electrons. The number of carbonyl (C=O) groups excluding carboxylic acids is 2. The first kappa shape index (κ1) is 25.5. The topological polar surface area (TPSA) is 93.2 Å². The van der Waals surface area contributed by atoms with Gasteiger partial charge in [0.2, 0.25) is 11.7 Å². The van der Waals surface area contributed by atoms with Gasteiger partial charge in [-0.15, -0.1) is 0 Å². The van der Waals surface area contributed by atoms with E-state index in [9.17, 15) is 18.0 Å². The zero-order chi connectivity index (χ0) is 25.9. The summed E-state index contributed by atoms with van der Waals surface area (Å²) in [6.07, 6.45) is 0. The lowest BCUT2D eigenvalue weighted by Crippen LogP contribution is -2.34. The maximum absolute atomic E-state index is 13.3. The van der Waals surface area contributed by atoms with Gasteiger partial charge < -0.3 is 5.32 Å². The van der Waals surface area contributed by atoms with Gasteiger partial charge in [-0.3, -0.25) is 9.59 Å². The van der Waals surface area contributed by atoms with Crippen molar-refractivity contribution in [2.45, 2.75) is 31.1 Å². The molecule has 0 bridgehead atoms. The van der Waals surface area contributed by atoms with Crippen LogP contribution in [-0.4, -0.2) is 30.8 Å². The first-order valence-electron chi connectivity index (χ1n) is 11.4. The van der Waals surface area contributed by atoms with Gasteiger partial charge in [0.15, 0.2) is 15.0 Å². The molecule has 0 aliphatic rings. The Morgan fingerprint density at radius 3 is 2.06 bits per heavy atom. The molecule has 0 aliphatic carbocycles. The highest BCUT2D eigenvalue weighted by molar-refractivity contribution is 7.91. The summed E-state index contributed by atoms with van der Waals surface area (Å²) < 4.78 is 24.3. The summed E-state index contributed by atoms with van der Waals surface area (Å²) in [6.45, 7) is 5.11. The first-order chi connectivity index (χ1) is 17.1. The highest BCUT2D eigenvalue weighted by Gasteiger charge is 2.32. The summed E-state index contributed by atoms with van der Waals surface area (Å²) in [7, 11) is -3.33. The molecule has 6 nitrogen and oxygen atoms in total. The number of thiazole rings is 1. The van der Waals surface area contributed by atoms with Gasteiger partial charge in [-0.05, 0) is 31.5 Å². The van der Waals surface area contributed by atoms with Crippen LogP contribution in [0.25, 0.3) is 11.3 Å². The Hall–Kier alpha value is -3.62. The fourth-order valence-electron chi connectivity index (χ4n) is 3.67. The molecule has 0 saturated heterocycles. The lowest BCUT2D eigenvalue weighted by molar-refractivity contribution is -0.120. The Kier molecular flexibility index (Phi) is 7.19. The van der Waals surface area contributed by atoms with E-state index < -0.39 is 15.3 Å². The van der Waals surface area contributed by atoms with Crippen molar-refractivity contribution in [1.82, 2.24) is 4.98 Å². The minimum atomic E-state index is -3.33. The molecule has 3 aromatic carbocycles. The lowest BCUT2D eigenvalue weighted by atomic mass is 9.84. The zero-order valence-corrected chi connectivity index (χ0v) is 21.8. The molecule has 1 N–H and O–H groups in total. The molecule has 0 fully saturated rings. The third-order valence-electron chi connectivity index (χ3n) is 6.02. The van der Waals surface area contributed by atoms with Crippen LogP contribution in [0.2, 0.25) is 0 Å². The third kappa shape index (κ3) is 5.15. The van der Waals surface area contributed by atoms with Crippen LogP contribution < -0.4 is 5.32 Å². The number of sulfone groups is 1. The summed E-state index contributed by atoms with van der Waals surface area (Å²) >= 11 is 1.13. The van der Waals surface area contributed by atoms with Crippen molar-refractivity contribution >= 4 is 38.0 Å². The molecule has 0 aliphatic heterocycles. The maximum Gasteiger partial charge on any atom is 0.236 e. The SMILES string of the molecule is CCS(=O)(=O)c1ccc(C(C)(C)C(=O)Nc2nc(-c3ccccc3)c(C(=O)c3ccccc3)s2)cc1. The number of nitrogens with zero attached hydrogens (tertiary/aromatic N) is 1. The van der Waals surface area contributed by atoms with Gasteiger partial charge >= 0.3 is 0 Å². The van der Waals surface area contributed by atoms with E-state index in [0.29, 0.717) is 26.8 Å². The van der Waals surface area contributed by atoms with Gasteiger partial charge in [-0.2, -0.15) is 0 Å². The fraction of sp³-hybridized carbons (Fsp3) is 0.179. The number of anilines is 1. The summed E-state index contributed by atoms with van der Waals surface area (Å²) in [4.78, 5) is 31.9. The highest BCUT2D eigenvalue weighted by atomic mass is 32.2. The van der Waals surface area contributed by atoms with E-state index >= 15 is 0 Å². The van der Waals surface area contributed by atoms with Crippen molar-refractivity contribution in [3.05, 3.63) is 101 Å². The molecule has 1 heterocycles. The van der Waals surface area contributed by atoms with E-state index in [-0.39, 0.29) is 22.3 Å². The number of hydrogen-bond donors (Lipinski definition) is 1. The summed E-state index contributed by atoms with van der Waals surface area (Å²) in [5.41, 5.74) is 1.52. The van der Waals surface area contributed by atoms with E-state index in [1.54, 1.807) is 57.2 Å². The molecule has 1 amide bonds. The van der Waals surface area contributed by atoms with Gasteiger partial charge in [-0.25, -0.2) is 13.4 Å². The second-order valence-corrected chi connectivity index (χ2v) is 12.0. The molecule has 36 heavy (non-hydrogen) atoms. The van der Waals surface area contributed by atoms with Crippen molar-refractivity contribution in [1.29, 1.82) is 0 Å². The van der Waals surface area contributed by atoms with Crippen LogP contribution in [0.5, 0.6) is 0 Å². The first-order valence-corrected chi connectivity index (χ1v) is 13.9. The Balaban J connectivity index is 1.65. The predicted molar refractivity (Wildman–Crippen MR) is 143 cm³/mol. The van der Waals surface area contributed by atoms with E-state index in [4.69, 9.17) is 0 Å². The van der Waals surface area contributed by atoms with Gasteiger partial charge in [0.25, 0.3) is 0 Å². The van der Waals surface area contributed by atoms with Crippen molar-refractivity contribution in [3.63, 3.8) is 0 Å². The molecule has 0 atom stereocenters. The summed E-state index contributed by atoms with van der Waals surface area (Å²) in [5.74, 6) is -0.478. The average molecular weight is 519 g/mol. The quantitative estimate of drug-likeness (QED) is 0.300. The second kappa shape index (κ2) is 10.2. The van der Waals surface area contributed by atoms with Crippen LogP contribution in [0.15, 0.2) is 89.8 Å². The van der Waals surface area contributed by atoms with Crippen molar-refractivity contribution in [2.75, 3.05) is 11.1 Å². The van der Waals surface area contributed by atoms with Crippen molar-refractivity contribution < 1.29 is 18.0 Å². The molecular weight excluding hydrogens is 492 g/mol. The Morgan fingerprint density at radius 2 is 1.47 bits per heavy atom. The Bertz CT molecular complexity index is 1490. The predicted octanol–water partition coefficient (Wildman–Crippen LogP) is 5.75. The monoisotopic (exact) mass is 518 g/mol. The zero-order valence-electron chi connectivity index (χ0n) is 20.2. The number of rotatable bonds is 8. The normalized spacial score (nSPS) is 11.8. The molecule has 0 radical (unpaired) electrons. The van der Waals surface area contributed by atoms with Crippen molar-refractivity contribution in [3.8, 4) is 11.3 Å². The number of benzene rings is 3. The Morgan fingerprint density at radius 1 is 0.889 bits per heavy atom. The minimum absolute atomic E-state index is 0.00799. The lowest BCUT2D eigenvalue weighted by Gasteiger charge is -2.23. The van der Waals surface area contributed by atoms with E-state index in [2.05, 4.69) is 10.3 Å². The molecule has 8 heteroatoms. The van der Waals surface area contributed by atoms with Gasteiger partial charge in [0, 0.05) is 11.1 Å². The van der Waals surface area contributed by atoms with E-state index in [1.165, 1.54) is 12.1 Å². The maximum atomic E-state index is 13.3. The minimum Gasteiger partial charge on any atom is -0.301 e. The molecule has 0 spiro atoms. The van der Waals surface area contributed by atoms with Gasteiger partial charge in [0.1, 0.15) is 4.88 Å². The van der Waals surface area contributed by atoms with Crippen LogP contribution in [0.3, 0.4) is 0 Å². The number of amides is 1. The van der Waals surface area contributed by atoms with Gasteiger partial charge in [0.05, 0.1) is 21.8 Å². The number of hydrogen-bond acceptors (Lipinski definition) is 6. The summed E-state index contributed by atoms with van der Waals surface area (Å²) in [5, 5.41) is 3.19. The van der Waals surface area contributed by atoms with Crippen LogP contribution in [0.4, 0.5) is 5.13 Å². The van der Waals surface area contributed by atoms with Crippen molar-refractivity contribution in [2.24, 2.45) is 0 Å². The highest BCUT2D eigenvalue weighted by Crippen LogP contribution is 2.34. The molecule has 4 aromatic rings. The number of nitrogens with one attached hydrogen (secondary N) is 1. The molecule has 1 aromatic heterocycles. The largest absolute Gasteiger partial charge is 0.301 e.